The Labute approximate surface area is 136 Å². The van der Waals surface area contributed by atoms with Crippen LogP contribution in [0.2, 0.25) is 0 Å². The van der Waals surface area contributed by atoms with Crippen molar-refractivity contribution >= 4 is 17.5 Å². The van der Waals surface area contributed by atoms with Gasteiger partial charge in [0.05, 0.1) is 17.2 Å². The Balaban J connectivity index is 1.89. The molecule has 0 aromatic heterocycles. The molecule has 128 valence electrons. The first-order chi connectivity index (χ1) is 11.2. The smallest absolute Gasteiger partial charge is 0.355 e. The Kier molecular flexibility index (Phi) is 5.12. The van der Waals surface area contributed by atoms with Gasteiger partial charge >= 0.3 is 6.18 Å². The van der Waals surface area contributed by atoms with Crippen LogP contribution in [0.4, 0.5) is 18.9 Å². The van der Waals surface area contributed by atoms with E-state index < -0.39 is 23.2 Å². The lowest BCUT2D eigenvalue weighted by molar-refractivity contribution is -0.137. The molecule has 1 aliphatic rings. The monoisotopic (exact) mass is 339 g/mol. The highest BCUT2D eigenvalue weighted by molar-refractivity contribution is 5.91. The minimum absolute atomic E-state index is 0.000862. The molecule has 0 bridgehead atoms. The molecule has 1 aromatic rings. The molecule has 2 amide bonds. The van der Waals surface area contributed by atoms with E-state index in [9.17, 15) is 22.8 Å². The molecule has 1 saturated carbocycles. The number of amides is 2. The van der Waals surface area contributed by atoms with Gasteiger partial charge in [-0.3, -0.25) is 9.59 Å². The number of alkyl halides is 3. The van der Waals surface area contributed by atoms with Gasteiger partial charge < -0.3 is 10.6 Å². The first-order valence-corrected chi connectivity index (χ1v) is 7.41. The van der Waals surface area contributed by atoms with Crippen LogP contribution >= 0.6 is 0 Å². The molecular formula is C16H16F3N3O2. The van der Waals surface area contributed by atoms with Crippen molar-refractivity contribution < 1.29 is 22.8 Å². The molecule has 1 aromatic carbocycles. The fourth-order valence-corrected chi connectivity index (χ4v) is 2.30. The Morgan fingerprint density at radius 3 is 2.58 bits per heavy atom. The van der Waals surface area contributed by atoms with E-state index in [0.717, 1.165) is 18.6 Å². The molecule has 0 saturated heterocycles. The standard InChI is InChI=1S/C16H16F3N3O2/c1-9-6-12(9)15(24)21-5-4-14(23)22-11-3-2-10(8-20)13(7-11)16(17,18)19/h2-3,7,9,12H,4-6H2,1H3,(H,21,24)(H,22,23)/t9-,12-/m0/s1. The fourth-order valence-electron chi connectivity index (χ4n) is 2.30. The highest BCUT2D eigenvalue weighted by atomic mass is 19.4. The summed E-state index contributed by atoms with van der Waals surface area (Å²) in [4.78, 5) is 23.3. The average Bonchev–Trinajstić information content (AvgIpc) is 3.23. The summed E-state index contributed by atoms with van der Waals surface area (Å²) in [6.45, 7) is 2.08. The number of rotatable bonds is 5. The van der Waals surface area contributed by atoms with Crippen molar-refractivity contribution in [3.63, 3.8) is 0 Å². The van der Waals surface area contributed by atoms with E-state index in [2.05, 4.69) is 10.6 Å². The second kappa shape index (κ2) is 6.91. The Morgan fingerprint density at radius 2 is 2.04 bits per heavy atom. The zero-order valence-electron chi connectivity index (χ0n) is 12.9. The van der Waals surface area contributed by atoms with Crippen LogP contribution in [0.3, 0.4) is 0 Å². The second-order valence-corrected chi connectivity index (χ2v) is 5.78. The van der Waals surface area contributed by atoms with Gasteiger partial charge in [-0.2, -0.15) is 18.4 Å². The van der Waals surface area contributed by atoms with Crippen molar-refractivity contribution in [2.45, 2.75) is 25.9 Å². The van der Waals surface area contributed by atoms with E-state index >= 15 is 0 Å². The third kappa shape index (κ3) is 4.47. The summed E-state index contributed by atoms with van der Waals surface area (Å²) < 4.78 is 38.5. The summed E-state index contributed by atoms with van der Waals surface area (Å²) in [6, 6.07) is 4.43. The normalized spacial score (nSPS) is 19.3. The van der Waals surface area contributed by atoms with Crippen molar-refractivity contribution in [1.82, 2.24) is 5.32 Å². The number of nitrogens with zero attached hydrogens (tertiary/aromatic N) is 1. The number of benzene rings is 1. The number of nitriles is 1. The van der Waals surface area contributed by atoms with Crippen LogP contribution in [0.15, 0.2) is 18.2 Å². The van der Waals surface area contributed by atoms with E-state index in [1.807, 2.05) is 6.92 Å². The number of carbonyl (C=O) groups is 2. The van der Waals surface area contributed by atoms with E-state index in [1.165, 1.54) is 12.1 Å². The van der Waals surface area contributed by atoms with Crippen LogP contribution < -0.4 is 10.6 Å². The minimum atomic E-state index is -4.68. The molecule has 1 fully saturated rings. The first kappa shape index (κ1) is 17.8. The summed E-state index contributed by atoms with van der Waals surface area (Å²) in [5.74, 6) is -0.260. The molecule has 2 atom stereocenters. The van der Waals surface area contributed by atoms with Crippen LogP contribution in [0.1, 0.15) is 30.9 Å². The molecule has 0 aliphatic heterocycles. The van der Waals surface area contributed by atoms with Gasteiger partial charge in [0.1, 0.15) is 0 Å². The lowest BCUT2D eigenvalue weighted by atomic mass is 10.1. The van der Waals surface area contributed by atoms with Gasteiger partial charge in [0.2, 0.25) is 11.8 Å². The molecule has 24 heavy (non-hydrogen) atoms. The topological polar surface area (TPSA) is 82.0 Å². The van der Waals surface area contributed by atoms with Gasteiger partial charge in [-0.15, -0.1) is 0 Å². The van der Waals surface area contributed by atoms with Gasteiger partial charge in [0, 0.05) is 24.6 Å². The predicted molar refractivity (Wildman–Crippen MR) is 79.7 cm³/mol. The first-order valence-electron chi connectivity index (χ1n) is 7.41. The van der Waals surface area contributed by atoms with Crippen LogP contribution in [-0.2, 0) is 15.8 Å². The van der Waals surface area contributed by atoms with Crippen molar-refractivity contribution in [2.75, 3.05) is 11.9 Å². The number of carbonyl (C=O) groups excluding carboxylic acids is 2. The molecule has 0 spiro atoms. The molecule has 5 nitrogen and oxygen atoms in total. The summed E-state index contributed by atoms with van der Waals surface area (Å²) in [6.07, 6.45) is -3.89. The lowest BCUT2D eigenvalue weighted by Crippen LogP contribution is -2.29. The van der Waals surface area contributed by atoms with Gasteiger partial charge in [0.25, 0.3) is 0 Å². The highest BCUT2D eigenvalue weighted by Gasteiger charge is 2.38. The van der Waals surface area contributed by atoms with Crippen LogP contribution in [-0.4, -0.2) is 18.4 Å². The SMILES string of the molecule is C[C@H]1C[C@@H]1C(=O)NCCC(=O)Nc1ccc(C#N)c(C(F)(F)F)c1. The van der Waals surface area contributed by atoms with Crippen LogP contribution in [0.25, 0.3) is 0 Å². The summed E-state index contributed by atoms with van der Waals surface area (Å²) in [7, 11) is 0. The number of nitrogens with one attached hydrogen (secondary N) is 2. The summed E-state index contributed by atoms with van der Waals surface area (Å²) >= 11 is 0. The molecule has 0 radical (unpaired) electrons. The maximum atomic E-state index is 12.8. The van der Waals surface area contributed by atoms with E-state index in [1.54, 1.807) is 0 Å². The van der Waals surface area contributed by atoms with Crippen molar-refractivity contribution in [3.8, 4) is 6.07 Å². The van der Waals surface area contributed by atoms with Crippen molar-refractivity contribution in [2.24, 2.45) is 11.8 Å². The van der Waals surface area contributed by atoms with Gasteiger partial charge in [-0.1, -0.05) is 6.92 Å². The predicted octanol–water partition coefficient (Wildman–Crippen LogP) is 2.68. The highest BCUT2D eigenvalue weighted by Crippen LogP contribution is 2.37. The minimum Gasteiger partial charge on any atom is -0.355 e. The van der Waals surface area contributed by atoms with Gasteiger partial charge in [0.15, 0.2) is 0 Å². The Morgan fingerprint density at radius 1 is 1.38 bits per heavy atom. The number of hydrogen-bond acceptors (Lipinski definition) is 3. The second-order valence-electron chi connectivity index (χ2n) is 5.78. The van der Waals surface area contributed by atoms with Crippen LogP contribution in [0.5, 0.6) is 0 Å². The molecular weight excluding hydrogens is 323 g/mol. The van der Waals surface area contributed by atoms with Crippen LogP contribution in [0, 0.1) is 23.2 Å². The third-order valence-corrected chi connectivity index (χ3v) is 3.83. The molecule has 0 unspecified atom stereocenters. The Hall–Kier alpha value is -2.56. The number of hydrogen-bond donors (Lipinski definition) is 2. The fraction of sp³-hybridized carbons (Fsp3) is 0.438. The maximum absolute atomic E-state index is 12.8. The Bertz CT molecular complexity index is 695. The van der Waals surface area contributed by atoms with Crippen molar-refractivity contribution in [1.29, 1.82) is 5.26 Å². The summed E-state index contributed by atoms with van der Waals surface area (Å²) in [5.41, 5.74) is -1.65. The quantitative estimate of drug-likeness (QED) is 0.865. The van der Waals surface area contributed by atoms with Crippen molar-refractivity contribution in [3.05, 3.63) is 29.3 Å². The average molecular weight is 339 g/mol. The largest absolute Gasteiger partial charge is 0.417 e. The van der Waals surface area contributed by atoms with E-state index in [4.69, 9.17) is 5.26 Å². The molecule has 1 aliphatic carbocycles. The zero-order chi connectivity index (χ0) is 17.9. The molecule has 2 N–H and O–H groups in total. The maximum Gasteiger partial charge on any atom is 0.417 e. The lowest BCUT2D eigenvalue weighted by Gasteiger charge is -2.12. The van der Waals surface area contributed by atoms with Gasteiger partial charge in [-0.25, -0.2) is 0 Å². The van der Waals surface area contributed by atoms with E-state index in [0.29, 0.717) is 5.92 Å². The van der Waals surface area contributed by atoms with E-state index in [-0.39, 0.29) is 30.5 Å². The third-order valence-electron chi connectivity index (χ3n) is 3.83. The summed E-state index contributed by atoms with van der Waals surface area (Å²) in [5, 5.41) is 13.7. The zero-order valence-corrected chi connectivity index (χ0v) is 12.9. The molecule has 8 heteroatoms. The molecule has 2 rings (SSSR count). The number of halogens is 3. The molecule has 0 heterocycles. The van der Waals surface area contributed by atoms with Gasteiger partial charge in [-0.05, 0) is 30.5 Å². The number of anilines is 1.